The summed E-state index contributed by atoms with van der Waals surface area (Å²) in [5.41, 5.74) is -0.656. The molecule has 1 aliphatic heterocycles. The quantitative estimate of drug-likeness (QED) is 0.377. The van der Waals surface area contributed by atoms with Gasteiger partial charge in [-0.3, -0.25) is 13.9 Å². The normalized spacial score (nSPS) is 28.6. The van der Waals surface area contributed by atoms with Gasteiger partial charge in [-0.1, -0.05) is 13.3 Å². The van der Waals surface area contributed by atoms with Crippen LogP contribution in [0.25, 0.3) is 5.52 Å². The lowest BCUT2D eigenvalue weighted by molar-refractivity contribution is -0.136. The molecule has 0 bridgehead atoms. The minimum atomic E-state index is -4.55. The van der Waals surface area contributed by atoms with Gasteiger partial charge in [-0.2, -0.15) is 13.2 Å². The molecule has 3 aliphatic rings. The highest BCUT2D eigenvalue weighted by Crippen LogP contribution is 2.49. The average molecular weight is 575 g/mol. The molecule has 41 heavy (non-hydrogen) atoms. The molecule has 1 saturated heterocycles. The van der Waals surface area contributed by atoms with Gasteiger partial charge in [-0.25, -0.2) is 4.79 Å². The van der Waals surface area contributed by atoms with Gasteiger partial charge in [0, 0.05) is 51.6 Å². The summed E-state index contributed by atoms with van der Waals surface area (Å²) in [5.74, 6) is 2.30. The smallest absolute Gasteiger partial charge is 0.381 e. The summed E-state index contributed by atoms with van der Waals surface area (Å²) in [4.78, 5) is 15.9. The van der Waals surface area contributed by atoms with E-state index in [2.05, 4.69) is 22.0 Å². The van der Waals surface area contributed by atoms with Gasteiger partial charge in [-0.15, -0.1) is 10.2 Å². The number of methoxy groups -OCH3 is 1. The van der Waals surface area contributed by atoms with Crippen LogP contribution < -0.4 is 5.69 Å². The number of alkyl halides is 3. The van der Waals surface area contributed by atoms with Crippen LogP contribution in [0.1, 0.15) is 87.2 Å². The molecular weight excluding hydrogens is 533 g/mol. The Hall–Kier alpha value is -2.66. The van der Waals surface area contributed by atoms with Crippen LogP contribution in [0.2, 0.25) is 0 Å². The minimum Gasteiger partial charge on any atom is -0.381 e. The first-order valence-corrected chi connectivity index (χ1v) is 15.0. The lowest BCUT2D eigenvalue weighted by Gasteiger charge is -2.44. The van der Waals surface area contributed by atoms with E-state index in [-0.39, 0.29) is 35.2 Å². The van der Waals surface area contributed by atoms with Gasteiger partial charge in [-0.05, 0) is 80.9 Å². The fourth-order valence-corrected chi connectivity index (χ4v) is 7.80. The van der Waals surface area contributed by atoms with E-state index in [1.807, 2.05) is 11.6 Å². The van der Waals surface area contributed by atoms with Gasteiger partial charge in [0.05, 0.1) is 17.2 Å². The molecule has 11 heteroatoms. The number of likely N-dealkylation sites (tertiary alicyclic amines) is 1. The fraction of sp³-hybridized carbons (Fsp3) is 0.700. The van der Waals surface area contributed by atoms with Crippen molar-refractivity contribution >= 4 is 5.52 Å². The summed E-state index contributed by atoms with van der Waals surface area (Å²) in [6.45, 7) is 4.31. The van der Waals surface area contributed by atoms with Gasteiger partial charge in [0.2, 0.25) is 0 Å². The van der Waals surface area contributed by atoms with Crippen LogP contribution in [-0.4, -0.2) is 54.9 Å². The average Bonchev–Trinajstić information content (AvgIpc) is 3.47. The number of aryl methyl sites for hydroxylation is 1. The molecule has 224 valence electrons. The molecule has 4 heterocycles. The molecule has 0 radical (unpaired) electrons. The number of pyridine rings is 1. The Labute approximate surface area is 238 Å². The highest BCUT2D eigenvalue weighted by Gasteiger charge is 2.44. The van der Waals surface area contributed by atoms with Crippen molar-refractivity contribution in [1.29, 1.82) is 0 Å². The van der Waals surface area contributed by atoms with Crippen molar-refractivity contribution in [2.24, 2.45) is 24.8 Å². The number of ether oxygens (including phenoxy) is 1. The topological polar surface area (TPSA) is 69.6 Å². The Bertz CT molecular complexity index is 1420. The molecule has 0 spiro atoms. The molecule has 0 N–H and O–H groups in total. The predicted octanol–water partition coefficient (Wildman–Crippen LogP) is 5.42. The van der Waals surface area contributed by atoms with Crippen molar-refractivity contribution < 1.29 is 17.9 Å². The summed E-state index contributed by atoms with van der Waals surface area (Å²) in [6.07, 6.45) is 7.99. The van der Waals surface area contributed by atoms with Gasteiger partial charge < -0.3 is 9.30 Å². The zero-order valence-corrected chi connectivity index (χ0v) is 24.2. The summed E-state index contributed by atoms with van der Waals surface area (Å²) >= 11 is 0. The van der Waals surface area contributed by atoms with E-state index < -0.39 is 11.7 Å². The number of hydrogen-bond donors (Lipinski definition) is 0. The first kappa shape index (κ1) is 28.5. The van der Waals surface area contributed by atoms with Crippen LogP contribution in [-0.2, 0) is 24.5 Å². The zero-order valence-electron chi connectivity index (χ0n) is 24.2. The monoisotopic (exact) mass is 574 g/mol. The third-order valence-corrected chi connectivity index (χ3v) is 9.91. The molecular formula is C30H41F3N6O2. The molecule has 2 aliphatic carbocycles. The lowest BCUT2D eigenvalue weighted by atomic mass is 9.65. The molecule has 6 rings (SSSR count). The maximum atomic E-state index is 14.3. The summed E-state index contributed by atoms with van der Waals surface area (Å²) in [7, 11) is 3.70. The summed E-state index contributed by atoms with van der Waals surface area (Å²) in [5, 5.41) is 8.60. The van der Waals surface area contributed by atoms with Crippen molar-refractivity contribution in [2.45, 2.75) is 89.1 Å². The van der Waals surface area contributed by atoms with E-state index in [0.717, 1.165) is 70.3 Å². The van der Waals surface area contributed by atoms with E-state index in [4.69, 9.17) is 4.74 Å². The number of rotatable bonds is 7. The van der Waals surface area contributed by atoms with E-state index in [9.17, 15) is 18.0 Å². The predicted molar refractivity (Wildman–Crippen MR) is 149 cm³/mol. The Morgan fingerprint density at radius 1 is 1.10 bits per heavy atom. The van der Waals surface area contributed by atoms with Crippen molar-refractivity contribution in [3.8, 4) is 0 Å². The Morgan fingerprint density at radius 3 is 2.59 bits per heavy atom. The highest BCUT2D eigenvalue weighted by atomic mass is 19.4. The van der Waals surface area contributed by atoms with Crippen LogP contribution in [0.3, 0.4) is 0 Å². The second-order valence-electron chi connectivity index (χ2n) is 12.8. The number of halogens is 3. The Morgan fingerprint density at radius 2 is 1.90 bits per heavy atom. The van der Waals surface area contributed by atoms with Gasteiger partial charge in [0.1, 0.15) is 12.2 Å². The maximum absolute atomic E-state index is 14.3. The van der Waals surface area contributed by atoms with Crippen LogP contribution in [0.4, 0.5) is 13.2 Å². The van der Waals surface area contributed by atoms with Gasteiger partial charge in [0.15, 0.2) is 0 Å². The van der Waals surface area contributed by atoms with Crippen molar-refractivity contribution in [3.05, 3.63) is 52.2 Å². The first-order valence-electron chi connectivity index (χ1n) is 15.0. The maximum Gasteiger partial charge on any atom is 0.418 e. The van der Waals surface area contributed by atoms with E-state index in [0.29, 0.717) is 23.9 Å². The number of fused-ring (bicyclic) bond motifs is 1. The third-order valence-electron chi connectivity index (χ3n) is 9.91. The molecule has 2 unspecified atom stereocenters. The van der Waals surface area contributed by atoms with Gasteiger partial charge >= 0.3 is 11.9 Å². The molecule has 0 aromatic carbocycles. The van der Waals surface area contributed by atoms with Crippen molar-refractivity contribution in [3.63, 3.8) is 0 Å². The molecule has 3 aromatic rings. The van der Waals surface area contributed by atoms with Crippen LogP contribution in [0, 0.1) is 17.8 Å². The first-order chi connectivity index (χ1) is 19.6. The molecule has 3 aromatic heterocycles. The largest absolute Gasteiger partial charge is 0.418 e. The second kappa shape index (κ2) is 11.2. The molecule has 2 saturated carbocycles. The van der Waals surface area contributed by atoms with Crippen LogP contribution in [0.15, 0.2) is 29.6 Å². The molecule has 4 atom stereocenters. The number of hydrogen-bond acceptors (Lipinski definition) is 5. The lowest BCUT2D eigenvalue weighted by Crippen LogP contribution is -2.40. The standard InChI is InChI=1S/C30H41F3N6O2/c1-19-6-5-9-37(14-19)15-20-10-25(30(31,32)33)26-17-38(29(40)39(26)16-20)23-8-4-7-21(11-23)27(22-12-24(13-22)41-3)28-35-34-18-36(28)2/h10,16-19,21-24,27H,4-9,11-15H2,1-3H3/t19-,21?,22?,23?,24?,27+/m0/s1. The molecule has 0 amide bonds. The van der Waals surface area contributed by atoms with Crippen LogP contribution in [0.5, 0.6) is 0 Å². The summed E-state index contributed by atoms with van der Waals surface area (Å²) in [6, 6.07) is 1.08. The third kappa shape index (κ3) is 5.59. The Kier molecular flexibility index (Phi) is 7.78. The number of imidazole rings is 1. The molecule has 3 fully saturated rings. The van der Waals surface area contributed by atoms with Crippen molar-refractivity contribution in [2.75, 3.05) is 20.2 Å². The summed E-state index contributed by atoms with van der Waals surface area (Å²) < 4.78 is 53.3. The van der Waals surface area contributed by atoms with Crippen LogP contribution >= 0.6 is 0 Å². The van der Waals surface area contributed by atoms with E-state index >= 15 is 0 Å². The number of aromatic nitrogens is 5. The molecule has 8 nitrogen and oxygen atoms in total. The Balaban J connectivity index is 1.31. The van der Waals surface area contributed by atoms with E-state index in [1.165, 1.54) is 16.7 Å². The van der Waals surface area contributed by atoms with Crippen molar-refractivity contribution in [1.82, 2.24) is 28.6 Å². The highest BCUT2D eigenvalue weighted by molar-refractivity contribution is 5.56. The minimum absolute atomic E-state index is 0.0628. The zero-order chi connectivity index (χ0) is 28.9. The SMILES string of the molecule is COC1CC([C@H](c2nncn2C)C2CCCC(n3cc4c(C(F)(F)F)cc(CN5CCC[C@H](C)C5)cn4c3=O)C2)C1. The number of nitrogens with zero attached hydrogens (tertiary/aromatic N) is 6. The fourth-order valence-electron chi connectivity index (χ4n) is 7.80. The second-order valence-corrected chi connectivity index (χ2v) is 12.8. The number of piperidine rings is 1. The van der Waals surface area contributed by atoms with Gasteiger partial charge in [0.25, 0.3) is 0 Å². The van der Waals surface area contributed by atoms with E-state index in [1.54, 1.807) is 24.2 Å².